The molecule has 1 aliphatic rings. The number of benzene rings is 1. The van der Waals surface area contributed by atoms with Gasteiger partial charge in [-0.2, -0.15) is 0 Å². The summed E-state index contributed by atoms with van der Waals surface area (Å²) in [5.41, 5.74) is 1.11. The average molecular weight is 318 g/mol. The number of rotatable bonds is 6. The van der Waals surface area contributed by atoms with Crippen molar-refractivity contribution in [3.63, 3.8) is 0 Å². The summed E-state index contributed by atoms with van der Waals surface area (Å²) >= 11 is 0. The third-order valence-corrected chi connectivity index (χ3v) is 4.86. The van der Waals surface area contributed by atoms with Crippen LogP contribution in [0, 0.1) is 0 Å². The molecule has 0 aliphatic heterocycles. The van der Waals surface area contributed by atoms with E-state index in [1.807, 2.05) is 25.2 Å². The van der Waals surface area contributed by atoms with Gasteiger partial charge in [-0.05, 0) is 32.9 Å². The molecule has 0 aromatic heterocycles. The first-order chi connectivity index (χ1) is 11.1. The molecule has 1 aliphatic carbocycles. The molecular formula is C19H30N2O2. The maximum absolute atomic E-state index is 12.3. The fraction of sp³-hybridized carbons (Fsp3) is 0.632. The minimum atomic E-state index is 0.126. The third-order valence-electron chi connectivity index (χ3n) is 4.86. The molecule has 2 rings (SSSR count). The molecule has 1 saturated carbocycles. The Bertz CT molecular complexity index is 496. The van der Waals surface area contributed by atoms with E-state index in [0.29, 0.717) is 12.6 Å². The van der Waals surface area contributed by atoms with Crippen molar-refractivity contribution in [2.75, 3.05) is 20.7 Å². The molecule has 0 radical (unpaired) electrons. The maximum Gasteiger partial charge on any atom is 0.234 e. The summed E-state index contributed by atoms with van der Waals surface area (Å²) in [7, 11) is 3.67. The summed E-state index contributed by atoms with van der Waals surface area (Å²) in [6.07, 6.45) is 7.32. The molecule has 128 valence electrons. The summed E-state index contributed by atoms with van der Waals surface area (Å²) in [4.78, 5) is 14.4. The number of methoxy groups -OCH3 is 1. The molecule has 0 bridgehead atoms. The van der Waals surface area contributed by atoms with Gasteiger partial charge in [0.2, 0.25) is 5.91 Å². The highest BCUT2D eigenvalue weighted by Crippen LogP contribution is 2.27. The monoisotopic (exact) mass is 318 g/mol. The highest BCUT2D eigenvalue weighted by molar-refractivity contribution is 5.78. The van der Waals surface area contributed by atoms with Gasteiger partial charge >= 0.3 is 0 Å². The second-order valence-corrected chi connectivity index (χ2v) is 6.59. The van der Waals surface area contributed by atoms with Crippen LogP contribution in [0.3, 0.4) is 0 Å². The zero-order chi connectivity index (χ0) is 16.7. The number of amides is 1. The quantitative estimate of drug-likeness (QED) is 0.816. The molecule has 1 aromatic carbocycles. The van der Waals surface area contributed by atoms with E-state index >= 15 is 0 Å². The summed E-state index contributed by atoms with van der Waals surface area (Å²) in [5.74, 6) is 0.997. The van der Waals surface area contributed by atoms with E-state index < -0.39 is 0 Å². The summed E-state index contributed by atoms with van der Waals surface area (Å²) in [5, 5.41) is 3.21. The number of likely N-dealkylation sites (N-methyl/N-ethyl adjacent to an activating group) is 1. The highest BCUT2D eigenvalue weighted by Gasteiger charge is 2.20. The molecule has 1 aromatic rings. The van der Waals surface area contributed by atoms with Gasteiger partial charge < -0.3 is 10.1 Å². The van der Waals surface area contributed by atoms with Gasteiger partial charge in [0.1, 0.15) is 5.75 Å². The van der Waals surface area contributed by atoms with E-state index in [-0.39, 0.29) is 11.9 Å². The Kier molecular flexibility index (Phi) is 6.90. The Hall–Kier alpha value is -1.55. The van der Waals surface area contributed by atoms with E-state index in [4.69, 9.17) is 4.74 Å². The molecule has 0 unspecified atom stereocenters. The SMILES string of the molecule is COc1ccccc1[C@@H](C)N(C)CC(=O)NC1CCCCCC1. The smallest absolute Gasteiger partial charge is 0.234 e. The minimum absolute atomic E-state index is 0.126. The van der Waals surface area contributed by atoms with Crippen molar-refractivity contribution in [2.45, 2.75) is 57.5 Å². The van der Waals surface area contributed by atoms with Crippen molar-refractivity contribution in [1.82, 2.24) is 10.2 Å². The number of para-hydroxylation sites is 1. The molecule has 0 spiro atoms. The Morgan fingerprint density at radius 1 is 1.26 bits per heavy atom. The van der Waals surface area contributed by atoms with E-state index in [9.17, 15) is 4.79 Å². The predicted octanol–water partition coefficient (Wildman–Crippen LogP) is 3.53. The first-order valence-electron chi connectivity index (χ1n) is 8.74. The van der Waals surface area contributed by atoms with Gasteiger partial charge in [-0.1, -0.05) is 43.9 Å². The van der Waals surface area contributed by atoms with Crippen LogP contribution in [0.5, 0.6) is 5.75 Å². The fourth-order valence-corrected chi connectivity index (χ4v) is 3.31. The number of carbonyl (C=O) groups is 1. The van der Waals surface area contributed by atoms with Crippen LogP contribution in [0.4, 0.5) is 0 Å². The molecule has 1 atom stereocenters. The molecule has 1 amide bonds. The minimum Gasteiger partial charge on any atom is -0.496 e. The van der Waals surface area contributed by atoms with Crippen molar-refractivity contribution in [3.05, 3.63) is 29.8 Å². The third kappa shape index (κ3) is 5.24. The first-order valence-corrected chi connectivity index (χ1v) is 8.74. The van der Waals surface area contributed by atoms with Gasteiger partial charge in [-0.25, -0.2) is 0 Å². The van der Waals surface area contributed by atoms with Crippen LogP contribution < -0.4 is 10.1 Å². The zero-order valence-electron chi connectivity index (χ0n) is 14.7. The Labute approximate surface area is 140 Å². The van der Waals surface area contributed by atoms with Crippen molar-refractivity contribution in [1.29, 1.82) is 0 Å². The summed E-state index contributed by atoms with van der Waals surface area (Å²) < 4.78 is 5.43. The van der Waals surface area contributed by atoms with Crippen molar-refractivity contribution >= 4 is 5.91 Å². The number of nitrogens with zero attached hydrogens (tertiary/aromatic N) is 1. The van der Waals surface area contributed by atoms with E-state index in [0.717, 1.165) is 24.2 Å². The number of hydrogen-bond donors (Lipinski definition) is 1. The Balaban J connectivity index is 1.89. The van der Waals surface area contributed by atoms with Crippen LogP contribution in [0.15, 0.2) is 24.3 Å². The summed E-state index contributed by atoms with van der Waals surface area (Å²) in [6, 6.07) is 8.49. The predicted molar refractivity (Wildman–Crippen MR) is 93.7 cm³/mol. The molecule has 4 nitrogen and oxygen atoms in total. The largest absolute Gasteiger partial charge is 0.496 e. The number of nitrogens with one attached hydrogen (secondary N) is 1. The zero-order valence-corrected chi connectivity index (χ0v) is 14.7. The van der Waals surface area contributed by atoms with Crippen LogP contribution in [-0.2, 0) is 4.79 Å². The van der Waals surface area contributed by atoms with Gasteiger partial charge in [0, 0.05) is 17.6 Å². The van der Waals surface area contributed by atoms with E-state index in [1.165, 1.54) is 25.7 Å². The molecule has 23 heavy (non-hydrogen) atoms. The van der Waals surface area contributed by atoms with Gasteiger partial charge in [0.15, 0.2) is 0 Å². The van der Waals surface area contributed by atoms with Crippen molar-refractivity contribution in [3.8, 4) is 5.75 Å². The normalized spacial score (nSPS) is 17.6. The molecule has 1 fully saturated rings. The molecule has 0 saturated heterocycles. The second kappa shape index (κ2) is 8.92. The van der Waals surface area contributed by atoms with Gasteiger partial charge in [0.25, 0.3) is 0 Å². The molecule has 1 N–H and O–H groups in total. The Morgan fingerprint density at radius 2 is 1.91 bits per heavy atom. The van der Waals surface area contributed by atoms with Crippen molar-refractivity contribution in [2.24, 2.45) is 0 Å². The van der Waals surface area contributed by atoms with Crippen molar-refractivity contribution < 1.29 is 9.53 Å². The lowest BCUT2D eigenvalue weighted by molar-refractivity contribution is -0.123. The Morgan fingerprint density at radius 3 is 2.57 bits per heavy atom. The first kappa shape index (κ1) is 17.8. The van der Waals surface area contributed by atoms with Gasteiger partial charge in [-0.3, -0.25) is 9.69 Å². The maximum atomic E-state index is 12.3. The molecule has 0 heterocycles. The van der Waals surface area contributed by atoms with Crippen LogP contribution in [0.25, 0.3) is 0 Å². The topological polar surface area (TPSA) is 41.6 Å². The van der Waals surface area contributed by atoms with Gasteiger partial charge in [0.05, 0.1) is 13.7 Å². The van der Waals surface area contributed by atoms with E-state index in [1.54, 1.807) is 7.11 Å². The lowest BCUT2D eigenvalue weighted by Gasteiger charge is -2.27. The van der Waals surface area contributed by atoms with Crippen LogP contribution in [0.1, 0.15) is 57.1 Å². The molecule has 4 heteroatoms. The van der Waals surface area contributed by atoms with Crippen LogP contribution >= 0.6 is 0 Å². The number of ether oxygens (including phenoxy) is 1. The second-order valence-electron chi connectivity index (χ2n) is 6.59. The lowest BCUT2D eigenvalue weighted by Crippen LogP contribution is -2.41. The summed E-state index contributed by atoms with van der Waals surface area (Å²) in [6.45, 7) is 2.52. The number of carbonyl (C=O) groups excluding carboxylic acids is 1. The lowest BCUT2D eigenvalue weighted by atomic mass is 10.1. The van der Waals surface area contributed by atoms with Crippen LogP contribution in [-0.4, -0.2) is 37.6 Å². The standard InChI is InChI=1S/C19H30N2O2/c1-15(17-12-8-9-13-18(17)23-3)21(2)14-19(22)20-16-10-6-4-5-7-11-16/h8-9,12-13,15-16H,4-7,10-11,14H2,1-3H3,(H,20,22)/t15-/m1/s1. The average Bonchev–Trinajstić information content (AvgIpc) is 2.82. The van der Waals surface area contributed by atoms with Crippen LogP contribution in [0.2, 0.25) is 0 Å². The fourth-order valence-electron chi connectivity index (χ4n) is 3.31. The van der Waals surface area contributed by atoms with E-state index in [2.05, 4.69) is 23.2 Å². The highest BCUT2D eigenvalue weighted by atomic mass is 16.5. The number of hydrogen-bond acceptors (Lipinski definition) is 3. The van der Waals surface area contributed by atoms with Gasteiger partial charge in [-0.15, -0.1) is 0 Å². The molecular weight excluding hydrogens is 288 g/mol.